The highest BCUT2D eigenvalue weighted by atomic mass is 32.2. The summed E-state index contributed by atoms with van der Waals surface area (Å²) in [5.74, 6) is 2.06. The number of benzene rings is 1. The van der Waals surface area contributed by atoms with Gasteiger partial charge in [-0.2, -0.15) is 0 Å². The molecule has 19 heavy (non-hydrogen) atoms. The number of hydrogen-bond acceptors (Lipinski definition) is 2. The Balaban J connectivity index is 2.50. The van der Waals surface area contributed by atoms with Crippen molar-refractivity contribution in [1.29, 1.82) is 0 Å². The van der Waals surface area contributed by atoms with E-state index >= 15 is 0 Å². The third-order valence-corrected chi connectivity index (χ3v) is 4.69. The zero-order valence-corrected chi connectivity index (χ0v) is 13.4. The fourth-order valence-corrected chi connectivity index (χ4v) is 3.18. The Kier molecular flexibility index (Phi) is 8.64. The minimum Gasteiger partial charge on any atom is -0.247 e. The lowest BCUT2D eigenvalue weighted by Crippen LogP contribution is -2.04. The van der Waals surface area contributed by atoms with E-state index in [4.69, 9.17) is 4.99 Å². The lowest BCUT2D eigenvalue weighted by Gasteiger charge is -2.14. The van der Waals surface area contributed by atoms with E-state index in [9.17, 15) is 0 Å². The molecule has 2 heteroatoms. The van der Waals surface area contributed by atoms with Gasteiger partial charge in [-0.1, -0.05) is 58.2 Å². The topological polar surface area (TPSA) is 12.4 Å². The molecule has 0 fully saturated rings. The monoisotopic (exact) mass is 277 g/mol. The molecule has 0 bridgehead atoms. The van der Waals surface area contributed by atoms with Crippen LogP contribution in [0.15, 0.2) is 35.3 Å². The largest absolute Gasteiger partial charge is 0.247 e. The molecule has 0 aliphatic carbocycles. The van der Waals surface area contributed by atoms with Crippen LogP contribution in [0.25, 0.3) is 0 Å². The van der Waals surface area contributed by atoms with Crippen LogP contribution < -0.4 is 0 Å². The molecule has 1 unspecified atom stereocenters. The lowest BCUT2D eigenvalue weighted by molar-refractivity contribution is 0.500. The molecule has 0 aromatic heterocycles. The standard InChI is InChI=1S/C17H27NS/c1-4-7-11-15(5-2)14-19-17(6-3)18-16-12-9-8-10-13-16/h8-10,12-13,15H,4-7,11,14H2,1-3H3. The van der Waals surface area contributed by atoms with Crippen molar-refractivity contribution in [2.75, 3.05) is 5.75 Å². The zero-order chi connectivity index (χ0) is 13.9. The van der Waals surface area contributed by atoms with E-state index in [0.717, 1.165) is 18.0 Å². The van der Waals surface area contributed by atoms with E-state index < -0.39 is 0 Å². The first-order valence-electron chi connectivity index (χ1n) is 7.55. The quantitative estimate of drug-likeness (QED) is 0.414. The van der Waals surface area contributed by atoms with E-state index in [-0.39, 0.29) is 0 Å². The number of hydrogen-bond donors (Lipinski definition) is 0. The summed E-state index contributed by atoms with van der Waals surface area (Å²) in [6.07, 6.45) is 6.34. The van der Waals surface area contributed by atoms with Crippen LogP contribution in [0, 0.1) is 5.92 Å². The van der Waals surface area contributed by atoms with Crippen molar-refractivity contribution in [3.8, 4) is 0 Å². The van der Waals surface area contributed by atoms with Crippen molar-refractivity contribution in [2.45, 2.75) is 52.9 Å². The molecule has 1 aromatic carbocycles. The van der Waals surface area contributed by atoms with Crippen molar-refractivity contribution in [1.82, 2.24) is 0 Å². The van der Waals surface area contributed by atoms with Gasteiger partial charge in [0.15, 0.2) is 0 Å². The number of aliphatic imine (C=N–C) groups is 1. The van der Waals surface area contributed by atoms with Gasteiger partial charge in [0.2, 0.25) is 0 Å². The maximum absolute atomic E-state index is 4.74. The summed E-state index contributed by atoms with van der Waals surface area (Å²) in [6.45, 7) is 6.77. The molecule has 0 heterocycles. The first kappa shape index (κ1) is 16.3. The van der Waals surface area contributed by atoms with Crippen LogP contribution >= 0.6 is 11.8 Å². The molecular weight excluding hydrogens is 250 g/mol. The van der Waals surface area contributed by atoms with Gasteiger partial charge in [-0.15, -0.1) is 11.8 Å². The minimum absolute atomic E-state index is 0.845. The van der Waals surface area contributed by atoms with Gasteiger partial charge in [0, 0.05) is 5.75 Å². The summed E-state index contributed by atoms with van der Waals surface area (Å²) in [7, 11) is 0. The van der Waals surface area contributed by atoms with Gasteiger partial charge in [0.25, 0.3) is 0 Å². The van der Waals surface area contributed by atoms with Crippen LogP contribution in [0.2, 0.25) is 0 Å². The number of rotatable bonds is 8. The van der Waals surface area contributed by atoms with Gasteiger partial charge in [-0.25, -0.2) is 4.99 Å². The molecule has 0 aliphatic heterocycles. The van der Waals surface area contributed by atoms with Crippen LogP contribution in [0.1, 0.15) is 52.9 Å². The Morgan fingerprint density at radius 2 is 1.89 bits per heavy atom. The van der Waals surface area contributed by atoms with Gasteiger partial charge < -0.3 is 0 Å². The number of para-hydroxylation sites is 1. The van der Waals surface area contributed by atoms with Gasteiger partial charge in [0.05, 0.1) is 10.7 Å². The van der Waals surface area contributed by atoms with Crippen LogP contribution in [0.5, 0.6) is 0 Å². The molecule has 0 spiro atoms. The first-order valence-corrected chi connectivity index (χ1v) is 8.54. The number of nitrogens with zero attached hydrogens (tertiary/aromatic N) is 1. The molecule has 0 radical (unpaired) electrons. The van der Waals surface area contributed by atoms with Gasteiger partial charge in [-0.3, -0.25) is 0 Å². The molecule has 1 nitrogen and oxygen atoms in total. The van der Waals surface area contributed by atoms with E-state index in [1.165, 1.54) is 36.5 Å². The fraction of sp³-hybridized carbons (Fsp3) is 0.588. The van der Waals surface area contributed by atoms with Crippen molar-refractivity contribution >= 4 is 22.5 Å². The highest BCUT2D eigenvalue weighted by molar-refractivity contribution is 8.13. The predicted octanol–water partition coefficient (Wildman–Crippen LogP) is 6.08. The SMILES string of the molecule is CCCCC(CC)CSC(CC)=Nc1ccccc1. The van der Waals surface area contributed by atoms with Crippen LogP contribution in [-0.2, 0) is 0 Å². The molecule has 1 aromatic rings. The molecule has 0 saturated heterocycles. The van der Waals surface area contributed by atoms with E-state index in [1.54, 1.807) is 0 Å². The second-order valence-electron chi connectivity index (χ2n) is 4.92. The summed E-state index contributed by atoms with van der Waals surface area (Å²) < 4.78 is 0. The summed E-state index contributed by atoms with van der Waals surface area (Å²) >= 11 is 1.95. The van der Waals surface area contributed by atoms with Gasteiger partial charge in [-0.05, 0) is 30.9 Å². The van der Waals surface area contributed by atoms with Crippen molar-refractivity contribution < 1.29 is 0 Å². The predicted molar refractivity (Wildman–Crippen MR) is 89.6 cm³/mol. The third kappa shape index (κ3) is 6.81. The highest BCUT2D eigenvalue weighted by Crippen LogP contribution is 2.22. The summed E-state index contributed by atoms with van der Waals surface area (Å²) in [5.41, 5.74) is 1.08. The highest BCUT2D eigenvalue weighted by Gasteiger charge is 2.08. The smallest absolute Gasteiger partial charge is 0.0735 e. The first-order chi connectivity index (χ1) is 9.30. The van der Waals surface area contributed by atoms with Crippen LogP contribution in [-0.4, -0.2) is 10.8 Å². The maximum atomic E-state index is 4.74. The Hall–Kier alpha value is -0.760. The lowest BCUT2D eigenvalue weighted by atomic mass is 10.0. The Morgan fingerprint density at radius 1 is 1.16 bits per heavy atom. The average molecular weight is 277 g/mol. The maximum Gasteiger partial charge on any atom is 0.0735 e. The average Bonchev–Trinajstić information content (AvgIpc) is 2.47. The molecule has 0 N–H and O–H groups in total. The van der Waals surface area contributed by atoms with Gasteiger partial charge >= 0.3 is 0 Å². The van der Waals surface area contributed by atoms with Crippen molar-refractivity contribution in [2.24, 2.45) is 10.9 Å². The molecule has 106 valence electrons. The molecular formula is C17H27NS. The summed E-state index contributed by atoms with van der Waals surface area (Å²) in [6, 6.07) is 10.3. The number of thioether (sulfide) groups is 1. The second-order valence-corrected chi connectivity index (χ2v) is 6.02. The zero-order valence-electron chi connectivity index (χ0n) is 12.6. The second kappa shape index (κ2) is 10.1. The third-order valence-electron chi connectivity index (χ3n) is 3.34. The molecule has 1 rings (SSSR count). The molecule has 1 atom stereocenters. The summed E-state index contributed by atoms with van der Waals surface area (Å²) in [5, 5.41) is 1.26. The van der Waals surface area contributed by atoms with Crippen LogP contribution in [0.4, 0.5) is 5.69 Å². The van der Waals surface area contributed by atoms with E-state index in [1.807, 2.05) is 30.0 Å². The Morgan fingerprint density at radius 3 is 2.47 bits per heavy atom. The fourth-order valence-electron chi connectivity index (χ4n) is 1.97. The Bertz CT molecular complexity index is 359. The van der Waals surface area contributed by atoms with Crippen LogP contribution in [0.3, 0.4) is 0 Å². The van der Waals surface area contributed by atoms with Crippen molar-refractivity contribution in [3.05, 3.63) is 30.3 Å². The number of unbranched alkanes of at least 4 members (excludes halogenated alkanes) is 1. The Labute approximate surface area is 122 Å². The molecule has 0 aliphatic rings. The van der Waals surface area contributed by atoms with Gasteiger partial charge in [0.1, 0.15) is 0 Å². The normalized spacial score (nSPS) is 13.5. The van der Waals surface area contributed by atoms with E-state index in [2.05, 4.69) is 32.9 Å². The molecule has 0 saturated carbocycles. The van der Waals surface area contributed by atoms with Crippen molar-refractivity contribution in [3.63, 3.8) is 0 Å². The van der Waals surface area contributed by atoms with E-state index in [0.29, 0.717) is 0 Å². The summed E-state index contributed by atoms with van der Waals surface area (Å²) in [4.78, 5) is 4.74. The molecule has 0 amide bonds. The minimum atomic E-state index is 0.845.